The molecule has 4 rings (SSSR count). The summed E-state index contributed by atoms with van der Waals surface area (Å²) in [6.45, 7) is 4.24. The summed E-state index contributed by atoms with van der Waals surface area (Å²) in [4.78, 5) is 16.0. The molecule has 5 nitrogen and oxygen atoms in total. The molecule has 30 heavy (non-hydrogen) atoms. The molecule has 2 aromatic carbocycles. The molecule has 1 amide bonds. The molecule has 0 unspecified atom stereocenters. The van der Waals surface area contributed by atoms with E-state index >= 15 is 0 Å². The quantitative estimate of drug-likeness (QED) is 0.640. The van der Waals surface area contributed by atoms with Crippen LogP contribution in [0.1, 0.15) is 24.0 Å². The highest BCUT2D eigenvalue weighted by atomic mass is 32.2. The summed E-state index contributed by atoms with van der Waals surface area (Å²) in [6.07, 6.45) is 1.89. The summed E-state index contributed by atoms with van der Waals surface area (Å²) >= 11 is 1.61. The van der Waals surface area contributed by atoms with Crippen molar-refractivity contribution in [2.45, 2.75) is 36.2 Å². The Morgan fingerprint density at radius 3 is 2.60 bits per heavy atom. The molecule has 154 valence electrons. The van der Waals surface area contributed by atoms with Crippen LogP contribution in [0.15, 0.2) is 76.7 Å². The summed E-state index contributed by atoms with van der Waals surface area (Å²) < 4.78 is 0. The normalized spacial score (nSPS) is 16.3. The van der Waals surface area contributed by atoms with Gasteiger partial charge in [-0.1, -0.05) is 59.8 Å². The second-order valence-electron chi connectivity index (χ2n) is 7.63. The number of carbonyl (C=O) groups excluding carboxylic acids is 1. The number of nitrogens with one attached hydrogen (secondary N) is 1. The molecule has 0 saturated carbocycles. The summed E-state index contributed by atoms with van der Waals surface area (Å²) in [5.41, 5.74) is 2.36. The van der Waals surface area contributed by atoms with Gasteiger partial charge in [0.25, 0.3) is 0 Å². The van der Waals surface area contributed by atoms with Gasteiger partial charge in [-0.05, 0) is 49.6 Å². The molecule has 0 spiro atoms. The summed E-state index contributed by atoms with van der Waals surface area (Å²) in [5.74, 6) is 0.928. The monoisotopic (exact) mass is 418 g/mol. The number of carbonyl (C=O) groups is 1. The molecule has 0 aliphatic carbocycles. The first-order valence-electron chi connectivity index (χ1n) is 10.3. The number of amides is 1. The summed E-state index contributed by atoms with van der Waals surface area (Å²) in [6, 6.07) is 22.4. The van der Waals surface area contributed by atoms with Crippen LogP contribution in [0.5, 0.6) is 0 Å². The lowest BCUT2D eigenvalue weighted by molar-refractivity contribution is -0.125. The fraction of sp³-hybridized carbons (Fsp3) is 0.292. The number of anilines is 1. The first-order chi connectivity index (χ1) is 14.7. The van der Waals surface area contributed by atoms with Gasteiger partial charge < -0.3 is 10.2 Å². The molecule has 1 saturated heterocycles. The molecule has 1 atom stereocenters. The highest BCUT2D eigenvalue weighted by Gasteiger charge is 2.26. The molecule has 1 aliphatic heterocycles. The molecular formula is C24H26N4OS. The second-order valence-corrected chi connectivity index (χ2v) is 8.73. The molecule has 0 radical (unpaired) electrons. The third kappa shape index (κ3) is 5.39. The van der Waals surface area contributed by atoms with Gasteiger partial charge in [0.1, 0.15) is 5.03 Å². The fourth-order valence-electron chi connectivity index (χ4n) is 3.59. The number of aromatic nitrogens is 2. The van der Waals surface area contributed by atoms with Crippen LogP contribution in [-0.4, -0.2) is 29.2 Å². The van der Waals surface area contributed by atoms with E-state index in [1.54, 1.807) is 11.8 Å². The Bertz CT molecular complexity index is 961. The third-order valence-electron chi connectivity index (χ3n) is 5.30. The van der Waals surface area contributed by atoms with Crippen LogP contribution in [0.25, 0.3) is 0 Å². The van der Waals surface area contributed by atoms with Crippen molar-refractivity contribution in [1.29, 1.82) is 0 Å². The number of rotatable bonds is 6. The van der Waals surface area contributed by atoms with Crippen molar-refractivity contribution in [3.63, 3.8) is 0 Å². The minimum absolute atomic E-state index is 0.0223. The molecule has 1 N–H and O–H groups in total. The zero-order valence-electron chi connectivity index (χ0n) is 17.1. The average Bonchev–Trinajstić information content (AvgIpc) is 2.80. The molecule has 1 aromatic heterocycles. The maximum absolute atomic E-state index is 12.7. The molecule has 1 fully saturated rings. The second kappa shape index (κ2) is 9.76. The number of piperidine rings is 1. The van der Waals surface area contributed by atoms with Crippen LogP contribution in [0.4, 0.5) is 5.82 Å². The lowest BCUT2D eigenvalue weighted by Crippen LogP contribution is -2.43. The highest BCUT2D eigenvalue weighted by Crippen LogP contribution is 2.27. The lowest BCUT2D eigenvalue weighted by atomic mass is 9.97. The van der Waals surface area contributed by atoms with Crippen molar-refractivity contribution in [3.05, 3.63) is 77.9 Å². The van der Waals surface area contributed by atoms with Gasteiger partial charge in [0, 0.05) is 24.5 Å². The van der Waals surface area contributed by atoms with E-state index in [1.807, 2.05) is 42.5 Å². The fourth-order valence-corrected chi connectivity index (χ4v) is 4.32. The average molecular weight is 419 g/mol. The third-order valence-corrected chi connectivity index (χ3v) is 6.23. The Balaban J connectivity index is 1.33. The number of nitrogens with zero attached hydrogens (tertiary/aromatic N) is 3. The largest absolute Gasteiger partial charge is 0.354 e. The zero-order chi connectivity index (χ0) is 20.8. The molecule has 0 bridgehead atoms. The molecule has 2 heterocycles. The van der Waals surface area contributed by atoms with Gasteiger partial charge in [-0.3, -0.25) is 4.79 Å². The Hall–Kier alpha value is -2.86. The zero-order valence-corrected chi connectivity index (χ0v) is 17.9. The van der Waals surface area contributed by atoms with Crippen molar-refractivity contribution in [1.82, 2.24) is 15.5 Å². The molecule has 6 heteroatoms. The van der Waals surface area contributed by atoms with Gasteiger partial charge in [-0.2, -0.15) is 0 Å². The highest BCUT2D eigenvalue weighted by molar-refractivity contribution is 7.99. The van der Waals surface area contributed by atoms with E-state index in [9.17, 15) is 4.79 Å². The predicted molar refractivity (Wildman–Crippen MR) is 121 cm³/mol. The van der Waals surface area contributed by atoms with Crippen LogP contribution in [-0.2, 0) is 11.3 Å². The van der Waals surface area contributed by atoms with E-state index in [2.05, 4.69) is 51.6 Å². The minimum atomic E-state index is -0.0223. The van der Waals surface area contributed by atoms with E-state index in [1.165, 1.54) is 5.56 Å². The smallest absolute Gasteiger partial charge is 0.225 e. The predicted octanol–water partition coefficient (Wildman–Crippen LogP) is 4.47. The van der Waals surface area contributed by atoms with Gasteiger partial charge in [-0.15, -0.1) is 10.2 Å². The van der Waals surface area contributed by atoms with Gasteiger partial charge in [0.15, 0.2) is 5.82 Å². The van der Waals surface area contributed by atoms with Gasteiger partial charge in [0.05, 0.1) is 5.92 Å². The van der Waals surface area contributed by atoms with Crippen LogP contribution in [0, 0.1) is 12.8 Å². The van der Waals surface area contributed by atoms with Crippen molar-refractivity contribution in [3.8, 4) is 0 Å². The first-order valence-corrected chi connectivity index (χ1v) is 11.1. The van der Waals surface area contributed by atoms with Crippen LogP contribution >= 0.6 is 11.8 Å². The van der Waals surface area contributed by atoms with Crippen LogP contribution in [0.2, 0.25) is 0 Å². The minimum Gasteiger partial charge on any atom is -0.354 e. The maximum Gasteiger partial charge on any atom is 0.225 e. The molecule has 3 aromatic rings. The number of benzene rings is 2. The van der Waals surface area contributed by atoms with E-state index in [-0.39, 0.29) is 11.8 Å². The van der Waals surface area contributed by atoms with Gasteiger partial charge >= 0.3 is 0 Å². The Labute approximate surface area is 181 Å². The Morgan fingerprint density at radius 2 is 1.87 bits per heavy atom. The molecular weight excluding hydrogens is 392 g/mol. The number of hydrogen-bond donors (Lipinski definition) is 1. The van der Waals surface area contributed by atoms with E-state index in [0.717, 1.165) is 40.7 Å². The summed E-state index contributed by atoms with van der Waals surface area (Å²) in [7, 11) is 0. The van der Waals surface area contributed by atoms with E-state index < -0.39 is 0 Å². The standard InChI is InChI=1S/C24H26N4OS/c1-18-9-11-21(12-10-18)30-23-14-13-22(26-27-23)28-15-5-8-20(17-28)24(29)25-16-19-6-3-2-4-7-19/h2-4,6-7,9-14,20H,5,8,15-17H2,1H3,(H,25,29)/t20-/m0/s1. The lowest BCUT2D eigenvalue weighted by Gasteiger charge is -2.32. The van der Waals surface area contributed by atoms with Crippen molar-refractivity contribution in [2.24, 2.45) is 5.92 Å². The van der Waals surface area contributed by atoms with Crippen LogP contribution in [0.3, 0.4) is 0 Å². The van der Waals surface area contributed by atoms with Crippen molar-refractivity contribution >= 4 is 23.5 Å². The van der Waals surface area contributed by atoms with Crippen molar-refractivity contribution < 1.29 is 4.79 Å². The summed E-state index contributed by atoms with van der Waals surface area (Å²) in [5, 5.41) is 12.8. The Kier molecular flexibility index (Phi) is 6.64. The molecule has 1 aliphatic rings. The van der Waals surface area contributed by atoms with Gasteiger partial charge in [-0.25, -0.2) is 0 Å². The topological polar surface area (TPSA) is 58.1 Å². The van der Waals surface area contributed by atoms with E-state index in [4.69, 9.17) is 0 Å². The SMILES string of the molecule is Cc1ccc(Sc2ccc(N3CCC[C@H](C(=O)NCc4ccccc4)C3)nn2)cc1. The first kappa shape index (κ1) is 20.4. The number of aryl methyl sites for hydroxylation is 1. The maximum atomic E-state index is 12.7. The number of hydrogen-bond acceptors (Lipinski definition) is 5. The van der Waals surface area contributed by atoms with Gasteiger partial charge in [0.2, 0.25) is 5.91 Å². The van der Waals surface area contributed by atoms with E-state index in [0.29, 0.717) is 13.1 Å². The van der Waals surface area contributed by atoms with Crippen molar-refractivity contribution in [2.75, 3.05) is 18.0 Å². The Morgan fingerprint density at radius 1 is 1.07 bits per heavy atom. The van der Waals surface area contributed by atoms with Crippen LogP contribution < -0.4 is 10.2 Å².